The summed E-state index contributed by atoms with van der Waals surface area (Å²) in [7, 11) is 0. The van der Waals surface area contributed by atoms with Crippen molar-refractivity contribution in [2.75, 3.05) is 18.4 Å². The smallest absolute Gasteiger partial charge is 0.246 e. The van der Waals surface area contributed by atoms with Crippen molar-refractivity contribution < 1.29 is 14.0 Å². The molecule has 0 saturated carbocycles. The van der Waals surface area contributed by atoms with Crippen LogP contribution in [-0.4, -0.2) is 29.8 Å². The Morgan fingerprint density at radius 1 is 1.04 bits per heavy atom. The van der Waals surface area contributed by atoms with Crippen molar-refractivity contribution in [3.05, 3.63) is 66.0 Å². The van der Waals surface area contributed by atoms with Crippen molar-refractivity contribution in [1.82, 2.24) is 4.90 Å². The van der Waals surface area contributed by atoms with E-state index < -0.39 is 6.04 Å². The van der Waals surface area contributed by atoms with E-state index in [2.05, 4.69) is 10.2 Å². The van der Waals surface area contributed by atoms with Gasteiger partial charge < -0.3 is 11.1 Å². The summed E-state index contributed by atoms with van der Waals surface area (Å²) < 4.78 is 13.1. The molecule has 0 radical (unpaired) electrons. The summed E-state index contributed by atoms with van der Waals surface area (Å²) >= 11 is 0. The van der Waals surface area contributed by atoms with Gasteiger partial charge in [0.25, 0.3) is 0 Å². The van der Waals surface area contributed by atoms with Gasteiger partial charge in [-0.15, -0.1) is 0 Å². The number of amides is 2. The van der Waals surface area contributed by atoms with Crippen molar-refractivity contribution >= 4 is 17.5 Å². The zero-order valence-corrected chi connectivity index (χ0v) is 14.4. The molecule has 1 atom stereocenters. The third kappa shape index (κ3) is 4.26. The molecule has 1 heterocycles. The van der Waals surface area contributed by atoms with E-state index in [1.807, 2.05) is 30.3 Å². The Balaban J connectivity index is 1.79. The van der Waals surface area contributed by atoms with Crippen LogP contribution in [0, 0.1) is 11.7 Å². The Morgan fingerprint density at radius 3 is 2.23 bits per heavy atom. The van der Waals surface area contributed by atoms with Gasteiger partial charge in [0.1, 0.15) is 11.9 Å². The topological polar surface area (TPSA) is 75.4 Å². The Labute approximate surface area is 152 Å². The molecular weight excluding hydrogens is 333 g/mol. The molecule has 2 amide bonds. The number of likely N-dealkylation sites (tertiary alicyclic amines) is 1. The minimum absolute atomic E-state index is 0.136. The van der Waals surface area contributed by atoms with Crippen LogP contribution in [-0.2, 0) is 9.59 Å². The predicted octanol–water partition coefficient (Wildman–Crippen LogP) is 2.70. The third-order valence-electron chi connectivity index (χ3n) is 4.77. The number of rotatable bonds is 5. The first-order chi connectivity index (χ1) is 12.5. The predicted molar refractivity (Wildman–Crippen MR) is 97.7 cm³/mol. The molecule has 2 aromatic rings. The minimum Gasteiger partial charge on any atom is -0.369 e. The Bertz CT molecular complexity index is 756. The number of hydrogen-bond acceptors (Lipinski definition) is 3. The molecule has 0 aliphatic carbocycles. The maximum absolute atomic E-state index is 13.1. The fourth-order valence-electron chi connectivity index (χ4n) is 3.35. The highest BCUT2D eigenvalue weighted by Gasteiger charge is 2.32. The number of halogens is 1. The van der Waals surface area contributed by atoms with Crippen LogP contribution in [0.2, 0.25) is 0 Å². The van der Waals surface area contributed by atoms with E-state index in [-0.39, 0.29) is 23.5 Å². The molecule has 0 unspecified atom stereocenters. The van der Waals surface area contributed by atoms with Crippen LogP contribution >= 0.6 is 0 Å². The SMILES string of the molecule is NC(=O)C1CCN([C@H](C(=O)Nc2ccc(F)cc2)c2ccccc2)CC1. The molecule has 1 aliphatic rings. The van der Waals surface area contributed by atoms with Gasteiger partial charge in [0, 0.05) is 11.6 Å². The lowest BCUT2D eigenvalue weighted by atomic mass is 9.93. The van der Waals surface area contributed by atoms with Crippen LogP contribution in [0.3, 0.4) is 0 Å². The van der Waals surface area contributed by atoms with Gasteiger partial charge in [-0.05, 0) is 55.8 Å². The number of carbonyl (C=O) groups is 2. The molecule has 0 bridgehead atoms. The molecule has 1 aliphatic heterocycles. The fourth-order valence-corrected chi connectivity index (χ4v) is 3.35. The maximum Gasteiger partial charge on any atom is 0.246 e. The Kier molecular flexibility index (Phi) is 5.63. The minimum atomic E-state index is -0.477. The van der Waals surface area contributed by atoms with E-state index in [4.69, 9.17) is 5.73 Å². The maximum atomic E-state index is 13.1. The molecule has 26 heavy (non-hydrogen) atoms. The number of nitrogens with zero attached hydrogens (tertiary/aromatic N) is 1. The van der Waals surface area contributed by atoms with Gasteiger partial charge in [-0.1, -0.05) is 30.3 Å². The molecule has 3 N–H and O–H groups in total. The van der Waals surface area contributed by atoms with E-state index in [1.54, 1.807) is 0 Å². The van der Waals surface area contributed by atoms with Crippen LogP contribution < -0.4 is 11.1 Å². The highest BCUT2D eigenvalue weighted by atomic mass is 19.1. The van der Waals surface area contributed by atoms with Gasteiger partial charge in [-0.3, -0.25) is 14.5 Å². The molecule has 0 aromatic heterocycles. The average Bonchev–Trinajstić information content (AvgIpc) is 2.65. The summed E-state index contributed by atoms with van der Waals surface area (Å²) in [6.07, 6.45) is 1.28. The first kappa shape index (κ1) is 18.1. The molecule has 2 aromatic carbocycles. The van der Waals surface area contributed by atoms with Gasteiger partial charge in [-0.2, -0.15) is 0 Å². The summed E-state index contributed by atoms with van der Waals surface area (Å²) in [5.74, 6) is -0.948. The Morgan fingerprint density at radius 2 is 1.65 bits per heavy atom. The molecule has 1 saturated heterocycles. The van der Waals surface area contributed by atoms with Crippen LogP contribution in [0.5, 0.6) is 0 Å². The van der Waals surface area contributed by atoms with E-state index in [1.165, 1.54) is 24.3 Å². The summed E-state index contributed by atoms with van der Waals surface area (Å²) in [6.45, 7) is 1.23. The van der Waals surface area contributed by atoms with Gasteiger partial charge >= 0.3 is 0 Å². The summed E-state index contributed by atoms with van der Waals surface area (Å²) in [5, 5.41) is 2.86. The van der Waals surface area contributed by atoms with Crippen LogP contribution in [0.15, 0.2) is 54.6 Å². The van der Waals surface area contributed by atoms with Crippen LogP contribution in [0.25, 0.3) is 0 Å². The quantitative estimate of drug-likeness (QED) is 0.866. The van der Waals surface area contributed by atoms with Gasteiger partial charge in [0.2, 0.25) is 11.8 Å². The molecule has 136 valence electrons. The zero-order valence-electron chi connectivity index (χ0n) is 14.4. The number of primary amides is 1. The lowest BCUT2D eigenvalue weighted by Gasteiger charge is -2.36. The first-order valence-corrected chi connectivity index (χ1v) is 8.69. The molecule has 3 rings (SSSR count). The van der Waals surface area contributed by atoms with E-state index in [0.29, 0.717) is 31.6 Å². The second kappa shape index (κ2) is 8.10. The van der Waals surface area contributed by atoms with Crippen molar-refractivity contribution in [1.29, 1.82) is 0 Å². The number of anilines is 1. The van der Waals surface area contributed by atoms with Gasteiger partial charge in [-0.25, -0.2) is 4.39 Å². The lowest BCUT2D eigenvalue weighted by Crippen LogP contribution is -2.44. The molecule has 1 fully saturated rings. The number of benzene rings is 2. The number of hydrogen-bond donors (Lipinski definition) is 2. The van der Waals surface area contributed by atoms with Crippen LogP contribution in [0.1, 0.15) is 24.4 Å². The van der Waals surface area contributed by atoms with Crippen molar-refractivity contribution in [3.8, 4) is 0 Å². The van der Waals surface area contributed by atoms with Crippen molar-refractivity contribution in [2.45, 2.75) is 18.9 Å². The van der Waals surface area contributed by atoms with Gasteiger partial charge in [0.05, 0.1) is 0 Å². The monoisotopic (exact) mass is 355 g/mol. The molecule has 6 heteroatoms. The van der Waals surface area contributed by atoms with E-state index >= 15 is 0 Å². The van der Waals surface area contributed by atoms with E-state index in [0.717, 1.165) is 5.56 Å². The Hall–Kier alpha value is -2.73. The van der Waals surface area contributed by atoms with Crippen molar-refractivity contribution in [2.24, 2.45) is 11.7 Å². The zero-order chi connectivity index (χ0) is 18.5. The highest BCUT2D eigenvalue weighted by molar-refractivity contribution is 5.95. The van der Waals surface area contributed by atoms with Crippen molar-refractivity contribution in [3.63, 3.8) is 0 Å². The largest absolute Gasteiger partial charge is 0.369 e. The molecular formula is C20H22FN3O2. The second-order valence-electron chi connectivity index (χ2n) is 6.52. The third-order valence-corrected chi connectivity index (χ3v) is 4.77. The summed E-state index contributed by atoms with van der Waals surface area (Å²) in [5.41, 5.74) is 6.83. The normalized spacial score (nSPS) is 16.8. The number of nitrogens with one attached hydrogen (secondary N) is 1. The summed E-state index contributed by atoms with van der Waals surface area (Å²) in [6, 6.07) is 14.7. The van der Waals surface area contributed by atoms with E-state index in [9.17, 15) is 14.0 Å². The van der Waals surface area contributed by atoms with Crippen LogP contribution in [0.4, 0.5) is 10.1 Å². The second-order valence-corrected chi connectivity index (χ2v) is 6.52. The number of carbonyl (C=O) groups excluding carboxylic acids is 2. The molecule has 0 spiro atoms. The number of nitrogens with two attached hydrogens (primary N) is 1. The molecule has 5 nitrogen and oxygen atoms in total. The lowest BCUT2D eigenvalue weighted by molar-refractivity contribution is -0.125. The average molecular weight is 355 g/mol. The number of piperidine rings is 1. The fraction of sp³-hybridized carbons (Fsp3) is 0.300. The first-order valence-electron chi connectivity index (χ1n) is 8.69. The standard InChI is InChI=1S/C20H22FN3O2/c21-16-6-8-17(9-7-16)23-20(26)18(14-4-2-1-3-5-14)24-12-10-15(11-13-24)19(22)25/h1-9,15,18H,10-13H2,(H2,22,25)(H,23,26)/t18-/m0/s1. The highest BCUT2D eigenvalue weighted by Crippen LogP contribution is 2.28. The summed E-state index contributed by atoms with van der Waals surface area (Å²) in [4.78, 5) is 26.4. The van der Waals surface area contributed by atoms with Gasteiger partial charge in [0.15, 0.2) is 0 Å².